The molecule has 0 aliphatic rings. The summed E-state index contributed by atoms with van der Waals surface area (Å²) in [7, 11) is -3.95. The van der Waals surface area contributed by atoms with Gasteiger partial charge in [-0.05, 0) is 67.8 Å². The first-order valence-electron chi connectivity index (χ1n) is 7.17. The van der Waals surface area contributed by atoms with Gasteiger partial charge in [-0.3, -0.25) is 9.10 Å². The van der Waals surface area contributed by atoms with Crippen LogP contribution in [0.3, 0.4) is 0 Å². The Hall–Kier alpha value is -1.56. The van der Waals surface area contributed by atoms with Gasteiger partial charge in [0.15, 0.2) is 0 Å². The highest BCUT2D eigenvalue weighted by molar-refractivity contribution is 7.92. The maximum absolute atomic E-state index is 13.0. The van der Waals surface area contributed by atoms with Crippen molar-refractivity contribution in [3.63, 3.8) is 0 Å². The van der Waals surface area contributed by atoms with E-state index in [2.05, 4.69) is 0 Å². The van der Waals surface area contributed by atoms with Crippen LogP contribution in [0.15, 0.2) is 41.3 Å². The standard InChI is InChI=1S/C17H17Cl2NO3S/c1-11-8-12(2)17(13(3)9-11)20(10-16(19)21)24(22,23)15-6-4-14(18)5-7-15/h4-9H,10H2,1-3H3. The molecule has 0 heterocycles. The number of hydrogen-bond donors (Lipinski definition) is 0. The Bertz CT molecular complexity index is 854. The third-order valence-electron chi connectivity index (χ3n) is 3.55. The van der Waals surface area contributed by atoms with E-state index in [0.717, 1.165) is 21.0 Å². The highest BCUT2D eigenvalue weighted by atomic mass is 35.5. The molecule has 0 radical (unpaired) electrons. The van der Waals surface area contributed by atoms with E-state index in [4.69, 9.17) is 23.2 Å². The van der Waals surface area contributed by atoms with Gasteiger partial charge in [0.2, 0.25) is 5.24 Å². The second-order valence-corrected chi connectivity index (χ2v) is 8.29. The SMILES string of the molecule is Cc1cc(C)c(N(CC(=O)Cl)S(=O)(=O)c2ccc(Cl)cc2)c(C)c1. The first-order chi connectivity index (χ1) is 11.1. The Morgan fingerprint density at radius 1 is 1.04 bits per heavy atom. The van der Waals surface area contributed by atoms with Crippen LogP contribution in [0.1, 0.15) is 16.7 Å². The Kier molecular flexibility index (Phi) is 5.58. The maximum atomic E-state index is 13.0. The van der Waals surface area contributed by atoms with Crippen LogP contribution in [0.4, 0.5) is 5.69 Å². The summed E-state index contributed by atoms with van der Waals surface area (Å²) in [5.74, 6) is 0. The highest BCUT2D eigenvalue weighted by Gasteiger charge is 2.29. The van der Waals surface area contributed by atoms with Crippen molar-refractivity contribution in [1.82, 2.24) is 0 Å². The van der Waals surface area contributed by atoms with Gasteiger partial charge in [-0.25, -0.2) is 8.42 Å². The average molecular weight is 386 g/mol. The molecule has 0 aliphatic heterocycles. The Labute approximate surface area is 152 Å². The minimum Gasteiger partial charge on any atom is -0.279 e. The molecule has 24 heavy (non-hydrogen) atoms. The number of halogens is 2. The number of hydrogen-bond acceptors (Lipinski definition) is 3. The van der Waals surface area contributed by atoms with Crippen molar-refractivity contribution in [2.45, 2.75) is 25.7 Å². The third kappa shape index (κ3) is 3.91. The van der Waals surface area contributed by atoms with Crippen LogP contribution in [-0.4, -0.2) is 20.2 Å². The first kappa shape index (κ1) is 18.8. The summed E-state index contributed by atoms with van der Waals surface area (Å²) in [5, 5.41) is -0.330. The summed E-state index contributed by atoms with van der Waals surface area (Å²) in [6, 6.07) is 9.52. The summed E-state index contributed by atoms with van der Waals surface area (Å²) in [5.41, 5.74) is 2.98. The molecule has 0 atom stereocenters. The average Bonchev–Trinajstić information content (AvgIpc) is 2.45. The maximum Gasteiger partial charge on any atom is 0.264 e. The fourth-order valence-corrected chi connectivity index (χ4v) is 4.56. The fourth-order valence-electron chi connectivity index (χ4n) is 2.70. The van der Waals surface area contributed by atoms with E-state index < -0.39 is 21.8 Å². The Morgan fingerprint density at radius 3 is 2.00 bits per heavy atom. The Morgan fingerprint density at radius 2 is 1.54 bits per heavy atom. The van der Waals surface area contributed by atoms with Crippen LogP contribution < -0.4 is 4.31 Å². The molecule has 2 aromatic carbocycles. The third-order valence-corrected chi connectivity index (χ3v) is 5.69. The van der Waals surface area contributed by atoms with Crippen LogP contribution in [0.5, 0.6) is 0 Å². The number of sulfonamides is 1. The molecule has 0 spiro atoms. The molecule has 2 rings (SSSR count). The van der Waals surface area contributed by atoms with Crippen molar-refractivity contribution in [1.29, 1.82) is 0 Å². The largest absolute Gasteiger partial charge is 0.279 e. The highest BCUT2D eigenvalue weighted by Crippen LogP contribution is 2.31. The van der Waals surface area contributed by atoms with E-state index in [1.165, 1.54) is 24.3 Å². The van der Waals surface area contributed by atoms with E-state index in [9.17, 15) is 13.2 Å². The molecule has 0 bridgehead atoms. The van der Waals surface area contributed by atoms with Gasteiger partial charge in [0.25, 0.3) is 10.0 Å². The lowest BCUT2D eigenvalue weighted by atomic mass is 10.1. The Balaban J connectivity index is 2.65. The molecule has 0 aromatic heterocycles. The first-order valence-corrected chi connectivity index (χ1v) is 9.37. The van der Waals surface area contributed by atoms with Crippen molar-refractivity contribution in [2.75, 3.05) is 10.8 Å². The van der Waals surface area contributed by atoms with Crippen molar-refractivity contribution >= 4 is 44.2 Å². The molecular weight excluding hydrogens is 369 g/mol. The zero-order chi connectivity index (χ0) is 18.1. The van der Waals surface area contributed by atoms with Gasteiger partial charge in [-0.15, -0.1) is 0 Å². The van der Waals surface area contributed by atoms with Crippen LogP contribution in [0.25, 0.3) is 0 Å². The second-order valence-electron chi connectivity index (χ2n) is 5.57. The molecule has 0 amide bonds. The topological polar surface area (TPSA) is 54.5 Å². The molecule has 2 aromatic rings. The minimum atomic E-state index is -3.95. The zero-order valence-electron chi connectivity index (χ0n) is 13.5. The minimum absolute atomic E-state index is 0.0455. The van der Waals surface area contributed by atoms with Crippen molar-refractivity contribution in [3.8, 4) is 0 Å². The number of carbonyl (C=O) groups is 1. The van der Waals surface area contributed by atoms with Crippen LogP contribution in [0, 0.1) is 20.8 Å². The van der Waals surface area contributed by atoms with E-state index in [1.807, 2.05) is 19.1 Å². The molecule has 0 saturated heterocycles. The number of benzene rings is 2. The van der Waals surface area contributed by atoms with Gasteiger partial charge in [0.05, 0.1) is 10.6 Å². The predicted octanol–water partition coefficient (Wildman–Crippen LogP) is 4.23. The number of nitrogens with zero attached hydrogens (tertiary/aromatic N) is 1. The molecule has 0 N–H and O–H groups in total. The predicted molar refractivity (Wildman–Crippen MR) is 97.5 cm³/mol. The van der Waals surface area contributed by atoms with Gasteiger partial charge in [0, 0.05) is 5.02 Å². The second kappa shape index (κ2) is 7.13. The van der Waals surface area contributed by atoms with Crippen LogP contribution in [0.2, 0.25) is 5.02 Å². The molecular formula is C17H17Cl2NO3S. The van der Waals surface area contributed by atoms with Gasteiger partial charge >= 0.3 is 0 Å². The normalized spacial score (nSPS) is 11.4. The lowest BCUT2D eigenvalue weighted by molar-refractivity contribution is -0.110. The number of aryl methyl sites for hydroxylation is 3. The summed E-state index contributed by atoms with van der Waals surface area (Å²) in [6.45, 7) is 5.09. The lowest BCUT2D eigenvalue weighted by Gasteiger charge is -2.26. The number of rotatable bonds is 5. The molecule has 128 valence electrons. The van der Waals surface area contributed by atoms with E-state index in [1.54, 1.807) is 13.8 Å². The number of anilines is 1. The molecule has 4 nitrogen and oxygen atoms in total. The molecule has 0 aliphatic carbocycles. The fraction of sp³-hybridized carbons (Fsp3) is 0.235. The van der Waals surface area contributed by atoms with Gasteiger partial charge < -0.3 is 0 Å². The van der Waals surface area contributed by atoms with E-state index in [0.29, 0.717) is 10.7 Å². The molecule has 0 saturated carbocycles. The summed E-state index contributed by atoms with van der Waals surface area (Å²) in [4.78, 5) is 11.5. The zero-order valence-corrected chi connectivity index (χ0v) is 15.8. The molecule has 7 heteroatoms. The van der Waals surface area contributed by atoms with Crippen molar-refractivity contribution in [3.05, 3.63) is 58.1 Å². The smallest absolute Gasteiger partial charge is 0.264 e. The monoisotopic (exact) mass is 385 g/mol. The van der Waals surface area contributed by atoms with Crippen molar-refractivity contribution in [2.24, 2.45) is 0 Å². The summed E-state index contributed by atoms with van der Waals surface area (Å²) >= 11 is 11.3. The van der Waals surface area contributed by atoms with E-state index in [-0.39, 0.29) is 4.90 Å². The summed E-state index contributed by atoms with van der Waals surface area (Å²) < 4.78 is 27.1. The van der Waals surface area contributed by atoms with Crippen LogP contribution in [-0.2, 0) is 14.8 Å². The van der Waals surface area contributed by atoms with Gasteiger partial charge in [-0.1, -0.05) is 29.3 Å². The van der Waals surface area contributed by atoms with Crippen LogP contribution >= 0.6 is 23.2 Å². The van der Waals surface area contributed by atoms with Crippen molar-refractivity contribution < 1.29 is 13.2 Å². The quantitative estimate of drug-likeness (QED) is 0.723. The lowest BCUT2D eigenvalue weighted by Crippen LogP contribution is -2.35. The molecule has 0 unspecified atom stereocenters. The van der Waals surface area contributed by atoms with E-state index >= 15 is 0 Å². The number of carbonyl (C=O) groups excluding carboxylic acids is 1. The van der Waals surface area contributed by atoms with Gasteiger partial charge in [0.1, 0.15) is 6.54 Å². The van der Waals surface area contributed by atoms with Gasteiger partial charge in [-0.2, -0.15) is 0 Å². The summed E-state index contributed by atoms with van der Waals surface area (Å²) in [6.07, 6.45) is 0. The molecule has 0 fully saturated rings.